The van der Waals surface area contributed by atoms with Gasteiger partial charge >= 0.3 is 5.69 Å². The minimum atomic E-state index is -3.02. The van der Waals surface area contributed by atoms with Gasteiger partial charge in [-0.15, -0.1) is 0 Å². The van der Waals surface area contributed by atoms with Crippen molar-refractivity contribution >= 4 is 11.6 Å². The van der Waals surface area contributed by atoms with Gasteiger partial charge in [-0.3, -0.25) is 19.2 Å². The first kappa shape index (κ1) is 18.5. The second kappa shape index (κ2) is 6.07. The molecule has 0 bridgehead atoms. The predicted molar refractivity (Wildman–Crippen MR) is 94.7 cm³/mol. The maximum Gasteiger partial charge on any atom is 0.329 e. The van der Waals surface area contributed by atoms with Crippen LogP contribution in [-0.4, -0.2) is 51.7 Å². The molecule has 0 radical (unpaired) electrons. The molecule has 2 aliphatic carbocycles. The minimum absolute atomic E-state index is 0.0346. The summed E-state index contributed by atoms with van der Waals surface area (Å²) in [5.74, 6) is -4.08. The van der Waals surface area contributed by atoms with Crippen LogP contribution in [0.1, 0.15) is 32.7 Å². The van der Waals surface area contributed by atoms with E-state index in [9.17, 15) is 18.4 Å². The van der Waals surface area contributed by atoms with Gasteiger partial charge in [0.1, 0.15) is 6.17 Å². The molecule has 2 heterocycles. The predicted octanol–water partition coefficient (Wildman–Crippen LogP) is -0.543. The van der Waals surface area contributed by atoms with E-state index in [1.165, 1.54) is 16.4 Å². The Kier molecular flexibility index (Phi) is 4.15. The Morgan fingerprint density at radius 2 is 2.00 bits per heavy atom. The van der Waals surface area contributed by atoms with Gasteiger partial charge in [0.05, 0.1) is 29.1 Å². The van der Waals surface area contributed by atoms with Crippen molar-refractivity contribution in [2.24, 2.45) is 11.7 Å². The van der Waals surface area contributed by atoms with E-state index in [1.54, 1.807) is 6.92 Å². The Labute approximate surface area is 153 Å². The molecule has 6 nitrogen and oxygen atoms in total. The summed E-state index contributed by atoms with van der Waals surface area (Å²) in [6.07, 6.45) is 1.13. The number of hydrogen-bond donors (Lipinski definition) is 2. The van der Waals surface area contributed by atoms with Gasteiger partial charge in [-0.2, -0.15) is 0 Å². The normalized spacial score (nSPS) is 31.5. The molecule has 1 saturated heterocycles. The third-order valence-corrected chi connectivity index (χ3v) is 5.95. The summed E-state index contributed by atoms with van der Waals surface area (Å²) in [4.78, 5) is 28.2. The van der Waals surface area contributed by atoms with Crippen LogP contribution in [0.25, 0.3) is 11.6 Å². The summed E-state index contributed by atoms with van der Waals surface area (Å²) in [6.45, 7) is 2.52. The number of nitrogens with one attached hydrogen (secondary N) is 1. The zero-order valence-corrected chi connectivity index (χ0v) is 15.2. The molecule has 1 aromatic rings. The summed E-state index contributed by atoms with van der Waals surface area (Å²) in [6, 6.07) is -1.71. The number of hydrogen-bond acceptors (Lipinski definition) is 4. The SMILES string of the molecule is CC1=c2c(c(=O)[nH]c(=O)n2C2CC2)=CC(F)C1N1CC(C(C)N)C(F)(F)C1. The highest BCUT2D eigenvalue weighted by molar-refractivity contribution is 5.56. The maximum atomic E-state index is 15.0. The lowest BCUT2D eigenvalue weighted by molar-refractivity contribution is -0.0343. The van der Waals surface area contributed by atoms with Crippen LogP contribution in [-0.2, 0) is 0 Å². The number of likely N-dealkylation sites (tertiary alicyclic amines) is 1. The fourth-order valence-electron chi connectivity index (χ4n) is 4.51. The van der Waals surface area contributed by atoms with Gasteiger partial charge in [-0.05, 0) is 38.3 Å². The van der Waals surface area contributed by atoms with Crippen molar-refractivity contribution < 1.29 is 13.2 Å². The zero-order valence-electron chi connectivity index (χ0n) is 15.2. The summed E-state index contributed by atoms with van der Waals surface area (Å²) in [5.41, 5.74) is 4.98. The fourth-order valence-corrected chi connectivity index (χ4v) is 4.51. The van der Waals surface area contributed by atoms with E-state index in [4.69, 9.17) is 5.73 Å². The largest absolute Gasteiger partial charge is 0.329 e. The molecule has 1 aromatic heterocycles. The highest BCUT2D eigenvalue weighted by Crippen LogP contribution is 2.38. The number of H-pyrrole nitrogens is 1. The van der Waals surface area contributed by atoms with Gasteiger partial charge in [-0.1, -0.05) is 0 Å². The molecule has 2 fully saturated rings. The molecule has 0 aromatic carbocycles. The molecule has 4 rings (SSSR count). The van der Waals surface area contributed by atoms with Gasteiger partial charge in [0.2, 0.25) is 0 Å². The number of aromatic amines is 1. The molecule has 3 N–H and O–H groups in total. The molecular formula is C18H23F3N4O2. The standard InChI is InChI=1S/C18H23F3N4O2/c1-8-14-11(16(26)23-17(27)25(14)10-3-4-10)5-13(19)15(8)24-6-12(9(2)22)18(20,21)7-24/h5,9-10,12-13,15H,3-4,6-7,22H2,1-2H3,(H,23,26,27). The van der Waals surface area contributed by atoms with E-state index < -0.39 is 47.9 Å². The molecule has 3 aliphatic rings. The lowest BCUT2D eigenvalue weighted by atomic mass is 9.95. The highest BCUT2D eigenvalue weighted by atomic mass is 19.3. The number of nitrogens with zero attached hydrogens (tertiary/aromatic N) is 2. The smallest absolute Gasteiger partial charge is 0.327 e. The number of aromatic nitrogens is 2. The zero-order chi connectivity index (χ0) is 19.7. The van der Waals surface area contributed by atoms with Crippen molar-refractivity contribution in [1.29, 1.82) is 0 Å². The Balaban J connectivity index is 1.88. The van der Waals surface area contributed by atoms with E-state index in [-0.39, 0.29) is 17.8 Å². The van der Waals surface area contributed by atoms with Crippen LogP contribution in [0.2, 0.25) is 0 Å². The molecule has 27 heavy (non-hydrogen) atoms. The summed E-state index contributed by atoms with van der Waals surface area (Å²) in [7, 11) is 0. The van der Waals surface area contributed by atoms with Crippen LogP contribution < -0.4 is 27.6 Å². The van der Waals surface area contributed by atoms with E-state index >= 15 is 4.39 Å². The average Bonchev–Trinajstić information content (AvgIpc) is 3.32. The van der Waals surface area contributed by atoms with Gasteiger partial charge in [0.15, 0.2) is 0 Å². The lowest BCUT2D eigenvalue weighted by Gasteiger charge is -2.32. The van der Waals surface area contributed by atoms with Crippen LogP contribution in [0, 0.1) is 5.92 Å². The van der Waals surface area contributed by atoms with Crippen molar-refractivity contribution in [1.82, 2.24) is 14.5 Å². The summed E-state index contributed by atoms with van der Waals surface area (Å²) < 4.78 is 45.3. The monoisotopic (exact) mass is 384 g/mol. The van der Waals surface area contributed by atoms with Gasteiger partial charge in [0.25, 0.3) is 11.5 Å². The molecule has 0 amide bonds. The van der Waals surface area contributed by atoms with Crippen molar-refractivity contribution in [2.45, 2.75) is 56.9 Å². The van der Waals surface area contributed by atoms with Crippen LogP contribution >= 0.6 is 0 Å². The van der Waals surface area contributed by atoms with Crippen molar-refractivity contribution in [3.05, 3.63) is 31.4 Å². The first-order valence-electron chi connectivity index (χ1n) is 9.21. The van der Waals surface area contributed by atoms with Crippen LogP contribution in [0.3, 0.4) is 0 Å². The third-order valence-electron chi connectivity index (χ3n) is 5.95. The maximum absolute atomic E-state index is 15.0. The van der Waals surface area contributed by atoms with E-state index in [0.717, 1.165) is 18.9 Å². The van der Waals surface area contributed by atoms with Crippen molar-refractivity contribution in [2.75, 3.05) is 13.1 Å². The first-order chi connectivity index (χ1) is 12.6. The average molecular weight is 384 g/mol. The molecule has 148 valence electrons. The van der Waals surface area contributed by atoms with Gasteiger partial charge in [-0.25, -0.2) is 18.0 Å². The summed E-state index contributed by atoms with van der Waals surface area (Å²) >= 11 is 0. The number of nitrogens with two attached hydrogens (primary N) is 1. The Morgan fingerprint density at radius 1 is 1.33 bits per heavy atom. The lowest BCUT2D eigenvalue weighted by Crippen LogP contribution is -2.60. The fraction of sp³-hybridized carbons (Fsp3) is 0.667. The minimum Gasteiger partial charge on any atom is -0.327 e. The molecule has 9 heteroatoms. The van der Waals surface area contributed by atoms with E-state index in [0.29, 0.717) is 10.9 Å². The van der Waals surface area contributed by atoms with Crippen molar-refractivity contribution in [3.8, 4) is 0 Å². The second-order valence-corrected chi connectivity index (χ2v) is 8.02. The Hall–Kier alpha value is -1.87. The van der Waals surface area contributed by atoms with E-state index in [2.05, 4.69) is 4.98 Å². The highest BCUT2D eigenvalue weighted by Gasteiger charge is 2.52. The van der Waals surface area contributed by atoms with Gasteiger partial charge < -0.3 is 5.73 Å². The molecular weight excluding hydrogens is 361 g/mol. The quantitative estimate of drug-likeness (QED) is 0.733. The Morgan fingerprint density at radius 3 is 2.56 bits per heavy atom. The molecule has 1 saturated carbocycles. The molecule has 4 unspecified atom stereocenters. The van der Waals surface area contributed by atoms with E-state index in [1.807, 2.05) is 0 Å². The topological polar surface area (TPSA) is 84.1 Å². The second-order valence-electron chi connectivity index (χ2n) is 8.02. The molecule has 1 aliphatic heterocycles. The molecule has 0 spiro atoms. The summed E-state index contributed by atoms with van der Waals surface area (Å²) in [5, 5.41) is 0.482. The third kappa shape index (κ3) is 2.87. The van der Waals surface area contributed by atoms with Crippen LogP contribution in [0.5, 0.6) is 0 Å². The van der Waals surface area contributed by atoms with Crippen LogP contribution in [0.4, 0.5) is 13.2 Å². The number of rotatable bonds is 3. The number of halogens is 3. The Bertz CT molecular complexity index is 1010. The number of alkyl halides is 3. The first-order valence-corrected chi connectivity index (χ1v) is 9.21. The number of fused-ring (bicyclic) bond motifs is 1. The van der Waals surface area contributed by atoms with Crippen molar-refractivity contribution in [3.63, 3.8) is 0 Å². The molecule has 4 atom stereocenters. The van der Waals surface area contributed by atoms with Gasteiger partial charge in [0, 0.05) is 18.6 Å². The van der Waals surface area contributed by atoms with Crippen LogP contribution in [0.15, 0.2) is 9.59 Å².